The summed E-state index contributed by atoms with van der Waals surface area (Å²) in [6.07, 6.45) is 3.67. The Bertz CT molecular complexity index is 558. The third-order valence-corrected chi connectivity index (χ3v) is 2.80. The lowest BCUT2D eigenvalue weighted by atomic mass is 10.1. The van der Waals surface area contributed by atoms with Crippen LogP contribution in [0.5, 0.6) is 0 Å². The highest BCUT2D eigenvalue weighted by molar-refractivity contribution is 5.65. The second-order valence-corrected chi connectivity index (χ2v) is 4.01. The van der Waals surface area contributed by atoms with Gasteiger partial charge in [-0.25, -0.2) is 0 Å². The minimum Gasteiger partial charge on any atom is -0.255 e. The topological polar surface area (TPSA) is 25.8 Å². The molecule has 0 bridgehead atoms. The molecule has 0 N–H and O–H groups in total. The summed E-state index contributed by atoms with van der Waals surface area (Å²) in [5, 5.41) is 0. The number of nitrogens with zero attached hydrogens (tertiary/aromatic N) is 2. The van der Waals surface area contributed by atoms with Crippen LogP contribution in [0.25, 0.3) is 22.5 Å². The van der Waals surface area contributed by atoms with E-state index in [4.69, 9.17) is 0 Å². The summed E-state index contributed by atoms with van der Waals surface area (Å²) in [6, 6.07) is 20.1. The van der Waals surface area contributed by atoms with Gasteiger partial charge >= 0.3 is 0 Å². The summed E-state index contributed by atoms with van der Waals surface area (Å²) in [5.74, 6) is 0. The summed E-state index contributed by atoms with van der Waals surface area (Å²) in [5.41, 5.74) is 4.10. The Morgan fingerprint density at radius 2 is 1.33 bits per heavy atom. The van der Waals surface area contributed by atoms with E-state index in [-0.39, 0.29) is 0 Å². The van der Waals surface area contributed by atoms with Crippen LogP contribution >= 0.6 is 0 Å². The van der Waals surface area contributed by atoms with Crippen LogP contribution in [0.3, 0.4) is 0 Å². The highest BCUT2D eigenvalue weighted by Crippen LogP contribution is 2.20. The maximum atomic E-state index is 4.46. The number of aromatic nitrogens is 2. The van der Waals surface area contributed by atoms with Gasteiger partial charge in [0.15, 0.2) is 0 Å². The molecule has 0 saturated heterocycles. The zero-order valence-corrected chi connectivity index (χ0v) is 9.82. The molecule has 86 valence electrons. The molecule has 18 heavy (non-hydrogen) atoms. The maximum Gasteiger partial charge on any atom is 0.0886 e. The van der Waals surface area contributed by atoms with E-state index in [2.05, 4.69) is 28.2 Å². The van der Waals surface area contributed by atoms with Gasteiger partial charge in [0, 0.05) is 18.0 Å². The smallest absolute Gasteiger partial charge is 0.0886 e. The van der Waals surface area contributed by atoms with E-state index in [0.717, 1.165) is 17.0 Å². The average Bonchev–Trinajstić information content (AvgIpc) is 2.49. The second kappa shape index (κ2) is 4.80. The van der Waals surface area contributed by atoms with Crippen LogP contribution in [0.2, 0.25) is 0 Å². The van der Waals surface area contributed by atoms with Crippen LogP contribution in [-0.2, 0) is 0 Å². The Morgan fingerprint density at radius 1 is 0.556 bits per heavy atom. The molecular formula is C16H12N2. The summed E-state index contributed by atoms with van der Waals surface area (Å²) >= 11 is 0. The van der Waals surface area contributed by atoms with Crippen LogP contribution in [0.15, 0.2) is 73.1 Å². The van der Waals surface area contributed by atoms with Crippen molar-refractivity contribution in [2.45, 2.75) is 0 Å². The molecular weight excluding hydrogens is 220 g/mol. The predicted octanol–water partition coefficient (Wildman–Crippen LogP) is 3.81. The SMILES string of the molecule is c1ccc(-c2ccc(-c3ccccn3)nc2)cc1. The first-order valence-electron chi connectivity index (χ1n) is 5.86. The van der Waals surface area contributed by atoms with Crippen LogP contribution < -0.4 is 0 Å². The summed E-state index contributed by atoms with van der Waals surface area (Å²) in [6.45, 7) is 0. The normalized spacial score (nSPS) is 10.2. The molecule has 0 spiro atoms. The van der Waals surface area contributed by atoms with Crippen molar-refractivity contribution < 1.29 is 0 Å². The zero-order chi connectivity index (χ0) is 12.2. The van der Waals surface area contributed by atoms with E-state index in [0.29, 0.717) is 0 Å². The molecule has 0 saturated carbocycles. The van der Waals surface area contributed by atoms with Crippen molar-refractivity contribution in [1.29, 1.82) is 0 Å². The molecule has 0 radical (unpaired) electrons. The number of hydrogen-bond acceptors (Lipinski definition) is 2. The summed E-state index contributed by atoms with van der Waals surface area (Å²) < 4.78 is 0. The van der Waals surface area contributed by atoms with Crippen molar-refractivity contribution in [3.63, 3.8) is 0 Å². The number of rotatable bonds is 2. The second-order valence-electron chi connectivity index (χ2n) is 4.01. The van der Waals surface area contributed by atoms with Gasteiger partial charge in [-0.05, 0) is 23.8 Å². The molecule has 0 aliphatic rings. The van der Waals surface area contributed by atoms with Crippen LogP contribution in [0.1, 0.15) is 0 Å². The Labute approximate surface area is 106 Å². The minimum absolute atomic E-state index is 0.898. The van der Waals surface area contributed by atoms with Crippen LogP contribution in [-0.4, -0.2) is 9.97 Å². The van der Waals surface area contributed by atoms with Crippen molar-refractivity contribution >= 4 is 0 Å². The minimum atomic E-state index is 0.898. The molecule has 0 atom stereocenters. The van der Waals surface area contributed by atoms with E-state index in [1.165, 1.54) is 5.56 Å². The van der Waals surface area contributed by atoms with Crippen molar-refractivity contribution in [3.8, 4) is 22.5 Å². The Balaban J connectivity index is 1.95. The van der Waals surface area contributed by atoms with Crippen molar-refractivity contribution in [1.82, 2.24) is 9.97 Å². The van der Waals surface area contributed by atoms with Crippen LogP contribution in [0.4, 0.5) is 0 Å². The molecule has 0 aliphatic carbocycles. The van der Waals surface area contributed by atoms with E-state index >= 15 is 0 Å². The van der Waals surface area contributed by atoms with Gasteiger partial charge in [-0.1, -0.05) is 42.5 Å². The Kier molecular flexibility index (Phi) is 2.84. The third-order valence-electron chi connectivity index (χ3n) is 2.80. The van der Waals surface area contributed by atoms with Gasteiger partial charge in [-0.15, -0.1) is 0 Å². The van der Waals surface area contributed by atoms with Gasteiger partial charge in [0.05, 0.1) is 11.4 Å². The van der Waals surface area contributed by atoms with Crippen molar-refractivity contribution in [2.75, 3.05) is 0 Å². The first-order chi connectivity index (χ1) is 8.93. The summed E-state index contributed by atoms with van der Waals surface area (Å²) in [7, 11) is 0. The molecule has 0 fully saturated rings. The first kappa shape index (κ1) is 10.7. The van der Waals surface area contributed by atoms with Gasteiger partial charge < -0.3 is 0 Å². The van der Waals surface area contributed by atoms with Gasteiger partial charge in [0.25, 0.3) is 0 Å². The molecule has 1 aromatic carbocycles. The fourth-order valence-electron chi connectivity index (χ4n) is 1.86. The van der Waals surface area contributed by atoms with Gasteiger partial charge in [0.1, 0.15) is 0 Å². The molecule has 2 heteroatoms. The predicted molar refractivity (Wildman–Crippen MR) is 72.9 cm³/mol. The lowest BCUT2D eigenvalue weighted by Gasteiger charge is -2.03. The quantitative estimate of drug-likeness (QED) is 0.671. The zero-order valence-electron chi connectivity index (χ0n) is 9.82. The van der Waals surface area contributed by atoms with E-state index in [1.807, 2.05) is 48.7 Å². The number of pyridine rings is 2. The van der Waals surface area contributed by atoms with Gasteiger partial charge in [-0.3, -0.25) is 9.97 Å². The molecule has 0 amide bonds. The van der Waals surface area contributed by atoms with Crippen molar-refractivity contribution in [3.05, 3.63) is 73.1 Å². The lowest BCUT2D eigenvalue weighted by molar-refractivity contribution is 1.25. The van der Waals surface area contributed by atoms with E-state index in [9.17, 15) is 0 Å². The number of benzene rings is 1. The molecule has 2 nitrogen and oxygen atoms in total. The molecule has 3 aromatic rings. The highest BCUT2D eigenvalue weighted by atomic mass is 14.8. The fraction of sp³-hybridized carbons (Fsp3) is 0. The van der Waals surface area contributed by atoms with Gasteiger partial charge in [0.2, 0.25) is 0 Å². The molecule has 2 aromatic heterocycles. The monoisotopic (exact) mass is 232 g/mol. The largest absolute Gasteiger partial charge is 0.255 e. The highest BCUT2D eigenvalue weighted by Gasteiger charge is 2.01. The van der Waals surface area contributed by atoms with Crippen LogP contribution in [0, 0.1) is 0 Å². The van der Waals surface area contributed by atoms with Gasteiger partial charge in [-0.2, -0.15) is 0 Å². The Morgan fingerprint density at radius 3 is 2.00 bits per heavy atom. The third kappa shape index (κ3) is 2.13. The molecule has 3 rings (SSSR count). The molecule has 2 heterocycles. The molecule has 0 unspecified atom stereocenters. The van der Waals surface area contributed by atoms with E-state index < -0.39 is 0 Å². The summed E-state index contributed by atoms with van der Waals surface area (Å²) in [4.78, 5) is 8.75. The van der Waals surface area contributed by atoms with Crippen molar-refractivity contribution in [2.24, 2.45) is 0 Å². The maximum absolute atomic E-state index is 4.46. The Hall–Kier alpha value is -2.48. The average molecular weight is 232 g/mol. The standard InChI is InChI=1S/C16H12N2/c1-2-6-13(7-3-1)14-9-10-16(18-12-14)15-8-4-5-11-17-15/h1-12H. The van der Waals surface area contributed by atoms with E-state index in [1.54, 1.807) is 6.20 Å². The number of hydrogen-bond donors (Lipinski definition) is 0. The first-order valence-corrected chi connectivity index (χ1v) is 5.86. The lowest BCUT2D eigenvalue weighted by Crippen LogP contribution is -1.87. The molecule has 0 aliphatic heterocycles. The fourth-order valence-corrected chi connectivity index (χ4v) is 1.86.